The molecule has 0 aromatic heterocycles. The Morgan fingerprint density at radius 1 is 1.21 bits per heavy atom. The molecule has 0 bridgehead atoms. The molecule has 0 aliphatic heterocycles. The number of carbonyl (C=O) groups is 1. The molecule has 1 aromatic carbocycles. The Bertz CT molecular complexity index is 448. The van der Waals surface area contributed by atoms with Gasteiger partial charge >= 0.3 is 0 Å². The Morgan fingerprint density at radius 3 is 2.47 bits per heavy atom. The van der Waals surface area contributed by atoms with Gasteiger partial charge in [-0.05, 0) is 45.7 Å². The third-order valence-corrected chi connectivity index (χ3v) is 3.74. The molecule has 2 N–H and O–H groups in total. The minimum absolute atomic E-state index is 0.0258. The number of rotatable bonds is 4. The first-order valence-electron chi connectivity index (χ1n) is 7.18. The molecular formula is C16H24N2O. The van der Waals surface area contributed by atoms with Crippen LogP contribution in [0.1, 0.15) is 56.8 Å². The highest BCUT2D eigenvalue weighted by Gasteiger charge is 2.30. The van der Waals surface area contributed by atoms with Gasteiger partial charge in [0.25, 0.3) is 5.91 Å². The molecule has 1 aliphatic rings. The molecule has 0 saturated heterocycles. The first kappa shape index (κ1) is 13.9. The molecule has 3 nitrogen and oxygen atoms in total. The second-order valence-corrected chi connectivity index (χ2v) is 6.07. The number of hydrogen-bond donors (Lipinski definition) is 2. The molecule has 104 valence electrons. The molecule has 0 atom stereocenters. The lowest BCUT2D eigenvalue weighted by Gasteiger charge is -2.26. The van der Waals surface area contributed by atoms with E-state index in [2.05, 4.69) is 31.4 Å². The second-order valence-electron chi connectivity index (χ2n) is 6.07. The second kappa shape index (κ2) is 5.64. The van der Waals surface area contributed by atoms with Crippen LogP contribution in [0.3, 0.4) is 0 Å². The molecule has 3 heteroatoms. The van der Waals surface area contributed by atoms with Crippen LogP contribution < -0.4 is 10.6 Å². The van der Waals surface area contributed by atoms with E-state index in [1.807, 2.05) is 24.3 Å². The minimum Gasteiger partial charge on any atom is -0.382 e. The van der Waals surface area contributed by atoms with E-state index in [-0.39, 0.29) is 11.4 Å². The van der Waals surface area contributed by atoms with Gasteiger partial charge in [-0.15, -0.1) is 0 Å². The Kier molecular flexibility index (Phi) is 4.13. The summed E-state index contributed by atoms with van der Waals surface area (Å²) >= 11 is 0. The van der Waals surface area contributed by atoms with E-state index in [1.165, 1.54) is 12.8 Å². The van der Waals surface area contributed by atoms with Crippen LogP contribution in [0.15, 0.2) is 24.3 Å². The normalized spacial score (nSPS) is 17.5. The molecule has 0 radical (unpaired) electrons. The minimum atomic E-state index is -0.0258. The van der Waals surface area contributed by atoms with Gasteiger partial charge in [0.1, 0.15) is 0 Å². The van der Waals surface area contributed by atoms with Crippen molar-refractivity contribution >= 4 is 11.6 Å². The maximum Gasteiger partial charge on any atom is 0.253 e. The Balaban J connectivity index is 2.14. The highest BCUT2D eigenvalue weighted by molar-refractivity contribution is 6.00. The Hall–Kier alpha value is -1.51. The third-order valence-electron chi connectivity index (χ3n) is 3.74. The lowest BCUT2D eigenvalue weighted by Crippen LogP contribution is -2.43. The quantitative estimate of drug-likeness (QED) is 0.869. The predicted molar refractivity (Wildman–Crippen MR) is 79.5 cm³/mol. The summed E-state index contributed by atoms with van der Waals surface area (Å²) in [6.45, 7) is 6.30. The summed E-state index contributed by atoms with van der Waals surface area (Å²) in [6.07, 6.45) is 4.59. The van der Waals surface area contributed by atoms with Crippen LogP contribution in [0.5, 0.6) is 0 Å². The zero-order chi connectivity index (χ0) is 13.9. The van der Waals surface area contributed by atoms with Crippen molar-refractivity contribution in [3.8, 4) is 0 Å². The van der Waals surface area contributed by atoms with Gasteiger partial charge < -0.3 is 10.6 Å². The van der Waals surface area contributed by atoms with Gasteiger partial charge in [0.05, 0.1) is 5.56 Å². The molecule has 1 aromatic rings. The van der Waals surface area contributed by atoms with Crippen LogP contribution >= 0.6 is 0 Å². The molecule has 1 saturated carbocycles. The highest BCUT2D eigenvalue weighted by Crippen LogP contribution is 2.29. The molecule has 0 heterocycles. The van der Waals surface area contributed by atoms with Gasteiger partial charge in [-0.25, -0.2) is 0 Å². The van der Waals surface area contributed by atoms with Crippen molar-refractivity contribution < 1.29 is 4.79 Å². The van der Waals surface area contributed by atoms with Crippen molar-refractivity contribution in [3.05, 3.63) is 29.8 Å². The fourth-order valence-electron chi connectivity index (χ4n) is 2.74. The maximum absolute atomic E-state index is 12.5. The number of benzene rings is 1. The van der Waals surface area contributed by atoms with Gasteiger partial charge in [-0.2, -0.15) is 0 Å². The third kappa shape index (κ3) is 3.49. The Labute approximate surface area is 115 Å². The average molecular weight is 260 g/mol. The van der Waals surface area contributed by atoms with Crippen LogP contribution in [0.2, 0.25) is 0 Å². The van der Waals surface area contributed by atoms with Gasteiger partial charge in [0.2, 0.25) is 0 Å². The predicted octanol–water partition coefficient (Wildman–Crippen LogP) is 3.57. The van der Waals surface area contributed by atoms with Crippen molar-refractivity contribution in [1.82, 2.24) is 5.32 Å². The fraction of sp³-hybridized carbons (Fsp3) is 0.562. The van der Waals surface area contributed by atoms with E-state index < -0.39 is 0 Å². The summed E-state index contributed by atoms with van der Waals surface area (Å²) in [5, 5.41) is 6.54. The molecule has 1 amide bonds. The zero-order valence-corrected chi connectivity index (χ0v) is 12.1. The van der Waals surface area contributed by atoms with E-state index in [1.54, 1.807) is 0 Å². The van der Waals surface area contributed by atoms with E-state index in [4.69, 9.17) is 0 Å². The van der Waals surface area contributed by atoms with Crippen molar-refractivity contribution in [2.24, 2.45) is 0 Å². The first-order chi connectivity index (χ1) is 9.00. The average Bonchev–Trinajstić information content (AvgIpc) is 2.75. The van der Waals surface area contributed by atoms with Crippen molar-refractivity contribution in [2.45, 2.75) is 58.0 Å². The van der Waals surface area contributed by atoms with Crippen LogP contribution in [0, 0.1) is 0 Å². The van der Waals surface area contributed by atoms with Crippen molar-refractivity contribution in [1.29, 1.82) is 0 Å². The van der Waals surface area contributed by atoms with Gasteiger partial charge in [-0.1, -0.05) is 25.0 Å². The lowest BCUT2D eigenvalue weighted by atomic mass is 9.99. The number of nitrogens with one attached hydrogen (secondary N) is 2. The van der Waals surface area contributed by atoms with Crippen LogP contribution in [0.25, 0.3) is 0 Å². The summed E-state index contributed by atoms with van der Waals surface area (Å²) in [4.78, 5) is 12.5. The van der Waals surface area contributed by atoms with Gasteiger partial charge in [0, 0.05) is 17.3 Å². The summed E-state index contributed by atoms with van der Waals surface area (Å²) in [6, 6.07) is 8.04. The number of amides is 1. The summed E-state index contributed by atoms with van der Waals surface area (Å²) in [7, 11) is 0. The molecule has 19 heavy (non-hydrogen) atoms. The van der Waals surface area contributed by atoms with E-state index >= 15 is 0 Å². The topological polar surface area (TPSA) is 41.1 Å². The van der Waals surface area contributed by atoms with Gasteiger partial charge in [0.15, 0.2) is 0 Å². The van der Waals surface area contributed by atoms with E-state index in [0.717, 1.165) is 24.1 Å². The maximum atomic E-state index is 12.5. The van der Waals surface area contributed by atoms with E-state index in [9.17, 15) is 4.79 Å². The lowest BCUT2D eigenvalue weighted by molar-refractivity contribution is 0.0909. The van der Waals surface area contributed by atoms with E-state index in [0.29, 0.717) is 6.04 Å². The van der Waals surface area contributed by atoms with Crippen LogP contribution in [-0.2, 0) is 0 Å². The SMILES string of the molecule is CC(C)Nc1ccccc1C(=O)NC1(C)CCCC1. The summed E-state index contributed by atoms with van der Waals surface area (Å²) < 4.78 is 0. The largest absolute Gasteiger partial charge is 0.382 e. The Morgan fingerprint density at radius 2 is 1.84 bits per heavy atom. The molecule has 1 aliphatic carbocycles. The fourth-order valence-corrected chi connectivity index (χ4v) is 2.74. The number of para-hydroxylation sites is 1. The monoisotopic (exact) mass is 260 g/mol. The number of hydrogen-bond acceptors (Lipinski definition) is 2. The summed E-state index contributed by atoms with van der Waals surface area (Å²) in [5.41, 5.74) is 1.63. The molecular weight excluding hydrogens is 236 g/mol. The number of carbonyl (C=O) groups excluding carboxylic acids is 1. The van der Waals surface area contributed by atoms with Gasteiger partial charge in [-0.3, -0.25) is 4.79 Å². The molecule has 1 fully saturated rings. The van der Waals surface area contributed by atoms with Crippen molar-refractivity contribution in [3.63, 3.8) is 0 Å². The first-order valence-corrected chi connectivity index (χ1v) is 7.18. The standard InChI is InChI=1S/C16H24N2O/c1-12(2)17-14-9-5-4-8-13(14)15(19)18-16(3)10-6-7-11-16/h4-5,8-9,12,17H,6-7,10-11H2,1-3H3,(H,18,19). The molecule has 0 unspecified atom stereocenters. The highest BCUT2D eigenvalue weighted by atomic mass is 16.1. The summed E-state index contributed by atoms with van der Waals surface area (Å²) in [5.74, 6) is 0.0353. The smallest absolute Gasteiger partial charge is 0.253 e. The van der Waals surface area contributed by atoms with Crippen molar-refractivity contribution in [2.75, 3.05) is 5.32 Å². The molecule has 2 rings (SSSR count). The zero-order valence-electron chi connectivity index (χ0n) is 12.1. The number of anilines is 1. The van der Waals surface area contributed by atoms with Crippen LogP contribution in [-0.4, -0.2) is 17.5 Å². The van der Waals surface area contributed by atoms with Crippen LogP contribution in [0.4, 0.5) is 5.69 Å². The molecule has 0 spiro atoms.